The molecule has 0 aliphatic heterocycles. The highest BCUT2D eigenvalue weighted by molar-refractivity contribution is 5.94. The van der Waals surface area contributed by atoms with Crippen LogP contribution in [0.1, 0.15) is 23.7 Å². The molecule has 0 spiro atoms. The number of aromatic nitrogens is 1. The molecular formula is C16H23N3. The van der Waals surface area contributed by atoms with Gasteiger partial charge >= 0.3 is 0 Å². The smallest absolute Gasteiger partial charge is 0.0755 e. The summed E-state index contributed by atoms with van der Waals surface area (Å²) in [5.41, 5.74) is 11.8. The minimum Gasteiger partial charge on any atom is -0.377 e. The summed E-state index contributed by atoms with van der Waals surface area (Å²) < 4.78 is 0. The molecule has 3 nitrogen and oxygen atoms in total. The third-order valence-electron chi connectivity index (χ3n) is 3.31. The van der Waals surface area contributed by atoms with Crippen LogP contribution in [0.15, 0.2) is 18.2 Å². The molecule has 0 aliphatic rings. The molecule has 1 aromatic carbocycles. The van der Waals surface area contributed by atoms with Crippen LogP contribution in [-0.2, 0) is 6.42 Å². The first kappa shape index (κ1) is 13.8. The molecule has 0 bridgehead atoms. The van der Waals surface area contributed by atoms with E-state index in [1.807, 2.05) is 13.8 Å². The summed E-state index contributed by atoms with van der Waals surface area (Å²) in [6.45, 7) is 6.21. The van der Waals surface area contributed by atoms with E-state index >= 15 is 0 Å². The number of fused-ring (bicyclic) bond motifs is 1. The minimum atomic E-state index is 0.179. The average molecular weight is 257 g/mol. The lowest BCUT2D eigenvalue weighted by atomic mass is 10.00. The van der Waals surface area contributed by atoms with Crippen LogP contribution in [0.25, 0.3) is 10.9 Å². The Morgan fingerprint density at radius 3 is 2.47 bits per heavy atom. The van der Waals surface area contributed by atoms with E-state index in [1.54, 1.807) is 0 Å². The van der Waals surface area contributed by atoms with Crippen molar-refractivity contribution in [1.82, 2.24) is 4.98 Å². The fourth-order valence-corrected chi connectivity index (χ4v) is 2.54. The lowest BCUT2D eigenvalue weighted by molar-refractivity contribution is 0.738. The van der Waals surface area contributed by atoms with Crippen LogP contribution in [-0.4, -0.2) is 25.1 Å². The first-order chi connectivity index (χ1) is 8.88. The number of hydrogen-bond donors (Lipinski definition) is 1. The Bertz CT molecular complexity index is 600. The Hall–Kier alpha value is -1.61. The average Bonchev–Trinajstić information content (AvgIpc) is 2.28. The van der Waals surface area contributed by atoms with Gasteiger partial charge in [-0.05, 0) is 50.5 Å². The van der Waals surface area contributed by atoms with Crippen molar-refractivity contribution < 1.29 is 0 Å². The normalized spacial score (nSPS) is 12.7. The van der Waals surface area contributed by atoms with Crippen LogP contribution in [0.5, 0.6) is 0 Å². The summed E-state index contributed by atoms with van der Waals surface area (Å²) in [4.78, 5) is 6.83. The van der Waals surface area contributed by atoms with Gasteiger partial charge < -0.3 is 10.6 Å². The van der Waals surface area contributed by atoms with Crippen LogP contribution >= 0.6 is 0 Å². The van der Waals surface area contributed by atoms with Crippen LogP contribution < -0.4 is 10.6 Å². The molecule has 0 saturated heterocycles. The van der Waals surface area contributed by atoms with Crippen molar-refractivity contribution in [3.05, 3.63) is 35.0 Å². The van der Waals surface area contributed by atoms with Crippen molar-refractivity contribution in [1.29, 1.82) is 0 Å². The van der Waals surface area contributed by atoms with Gasteiger partial charge in [0.15, 0.2) is 0 Å². The topological polar surface area (TPSA) is 42.1 Å². The molecule has 1 atom stereocenters. The monoisotopic (exact) mass is 257 g/mol. The van der Waals surface area contributed by atoms with Gasteiger partial charge in [0.05, 0.1) is 5.52 Å². The van der Waals surface area contributed by atoms with E-state index in [4.69, 9.17) is 5.73 Å². The number of pyridine rings is 1. The number of benzene rings is 1. The standard InChI is InChI=1S/C16H23N3/c1-10-6-13(7-11(2)17)9-14-15(19(4)5)8-12(3)18-16(10)14/h6,8-9,11H,7,17H2,1-5H3. The van der Waals surface area contributed by atoms with Crippen molar-refractivity contribution in [3.63, 3.8) is 0 Å². The fraction of sp³-hybridized carbons (Fsp3) is 0.438. The van der Waals surface area contributed by atoms with E-state index in [2.05, 4.69) is 49.1 Å². The zero-order valence-electron chi connectivity index (χ0n) is 12.5. The van der Waals surface area contributed by atoms with Gasteiger partial charge in [-0.3, -0.25) is 4.98 Å². The Morgan fingerprint density at radius 2 is 1.89 bits per heavy atom. The fourth-order valence-electron chi connectivity index (χ4n) is 2.54. The number of nitrogens with two attached hydrogens (primary N) is 1. The summed E-state index contributed by atoms with van der Waals surface area (Å²) in [5, 5.41) is 1.21. The van der Waals surface area contributed by atoms with Crippen LogP contribution in [0, 0.1) is 13.8 Å². The molecule has 2 rings (SSSR count). The van der Waals surface area contributed by atoms with Gasteiger partial charge in [0.1, 0.15) is 0 Å². The highest BCUT2D eigenvalue weighted by Gasteiger charge is 2.10. The second-order valence-corrected chi connectivity index (χ2v) is 5.67. The number of hydrogen-bond acceptors (Lipinski definition) is 3. The third kappa shape index (κ3) is 2.87. The molecule has 3 heteroatoms. The van der Waals surface area contributed by atoms with Gasteiger partial charge in [-0.2, -0.15) is 0 Å². The zero-order valence-corrected chi connectivity index (χ0v) is 12.5. The Balaban J connectivity index is 2.70. The Morgan fingerprint density at radius 1 is 1.21 bits per heavy atom. The van der Waals surface area contributed by atoms with E-state index in [1.165, 1.54) is 22.2 Å². The Labute approximate surface area is 115 Å². The molecule has 0 radical (unpaired) electrons. The third-order valence-corrected chi connectivity index (χ3v) is 3.31. The SMILES string of the molecule is Cc1cc(N(C)C)c2cc(CC(C)N)cc(C)c2n1. The minimum absolute atomic E-state index is 0.179. The molecule has 0 amide bonds. The maximum atomic E-state index is 5.91. The molecule has 0 aliphatic carbocycles. The molecule has 19 heavy (non-hydrogen) atoms. The summed E-state index contributed by atoms with van der Waals surface area (Å²) >= 11 is 0. The summed E-state index contributed by atoms with van der Waals surface area (Å²) in [5.74, 6) is 0. The molecule has 0 saturated carbocycles. The molecule has 1 unspecified atom stereocenters. The summed E-state index contributed by atoms with van der Waals surface area (Å²) in [6.07, 6.45) is 0.900. The Kier molecular flexibility index (Phi) is 3.76. The zero-order chi connectivity index (χ0) is 14.2. The highest BCUT2D eigenvalue weighted by Crippen LogP contribution is 2.29. The van der Waals surface area contributed by atoms with E-state index in [-0.39, 0.29) is 6.04 Å². The van der Waals surface area contributed by atoms with Gasteiger partial charge in [0.25, 0.3) is 0 Å². The highest BCUT2D eigenvalue weighted by atomic mass is 15.1. The molecule has 2 N–H and O–H groups in total. The maximum Gasteiger partial charge on any atom is 0.0755 e. The van der Waals surface area contributed by atoms with Gasteiger partial charge in [-0.25, -0.2) is 0 Å². The number of anilines is 1. The van der Waals surface area contributed by atoms with Gasteiger partial charge in [-0.1, -0.05) is 6.07 Å². The molecule has 1 aromatic heterocycles. The molecular weight excluding hydrogens is 234 g/mol. The van der Waals surface area contributed by atoms with Crippen molar-refractivity contribution >= 4 is 16.6 Å². The largest absolute Gasteiger partial charge is 0.377 e. The first-order valence-corrected chi connectivity index (χ1v) is 6.72. The molecule has 102 valence electrons. The summed E-state index contributed by atoms with van der Waals surface area (Å²) in [6, 6.07) is 6.75. The molecule has 0 fully saturated rings. The molecule has 2 aromatic rings. The lowest BCUT2D eigenvalue weighted by Crippen LogP contribution is -2.18. The van der Waals surface area contributed by atoms with Gasteiger partial charge in [-0.15, -0.1) is 0 Å². The number of rotatable bonds is 3. The number of nitrogens with zero attached hydrogens (tertiary/aromatic N) is 2. The van der Waals surface area contributed by atoms with Crippen molar-refractivity contribution in [3.8, 4) is 0 Å². The van der Waals surface area contributed by atoms with Crippen LogP contribution in [0.3, 0.4) is 0 Å². The number of aryl methyl sites for hydroxylation is 2. The van der Waals surface area contributed by atoms with Gasteiger partial charge in [0.2, 0.25) is 0 Å². The second kappa shape index (κ2) is 5.17. The van der Waals surface area contributed by atoms with E-state index < -0.39 is 0 Å². The second-order valence-electron chi connectivity index (χ2n) is 5.67. The predicted molar refractivity (Wildman–Crippen MR) is 82.9 cm³/mol. The first-order valence-electron chi connectivity index (χ1n) is 6.72. The van der Waals surface area contributed by atoms with Crippen molar-refractivity contribution in [2.45, 2.75) is 33.2 Å². The van der Waals surface area contributed by atoms with E-state index in [0.717, 1.165) is 17.6 Å². The maximum absolute atomic E-state index is 5.91. The van der Waals surface area contributed by atoms with E-state index in [0.29, 0.717) is 0 Å². The lowest BCUT2D eigenvalue weighted by Gasteiger charge is -2.18. The van der Waals surface area contributed by atoms with Crippen LogP contribution in [0.2, 0.25) is 0 Å². The van der Waals surface area contributed by atoms with Crippen molar-refractivity contribution in [2.75, 3.05) is 19.0 Å². The predicted octanol–water partition coefficient (Wildman–Crippen LogP) is 2.81. The molecule has 1 heterocycles. The summed E-state index contributed by atoms with van der Waals surface area (Å²) in [7, 11) is 4.14. The quantitative estimate of drug-likeness (QED) is 0.919. The van der Waals surface area contributed by atoms with Gasteiger partial charge in [0, 0.05) is 36.9 Å². The van der Waals surface area contributed by atoms with Crippen LogP contribution in [0.4, 0.5) is 5.69 Å². The van der Waals surface area contributed by atoms with E-state index in [9.17, 15) is 0 Å². The van der Waals surface area contributed by atoms with Crippen molar-refractivity contribution in [2.24, 2.45) is 5.73 Å².